The minimum atomic E-state index is -0.718. The van der Waals surface area contributed by atoms with Gasteiger partial charge in [0.1, 0.15) is 36.1 Å². The predicted molar refractivity (Wildman–Crippen MR) is 230 cm³/mol. The van der Waals surface area contributed by atoms with Crippen molar-refractivity contribution in [3.8, 4) is 28.1 Å². The van der Waals surface area contributed by atoms with Gasteiger partial charge in [-0.2, -0.15) is 0 Å². The number of H-pyrrole nitrogens is 2. The summed E-state index contributed by atoms with van der Waals surface area (Å²) in [6.07, 6.45) is 4.42. The number of fused-ring (bicyclic) bond motifs is 6. The quantitative estimate of drug-likeness (QED) is 0.109. The van der Waals surface area contributed by atoms with Gasteiger partial charge in [0, 0.05) is 23.0 Å². The number of aromatic amines is 2. The molecule has 3 aliphatic rings. The lowest BCUT2D eigenvalue weighted by Gasteiger charge is -2.33. The third-order valence-corrected chi connectivity index (χ3v) is 13.1. The van der Waals surface area contributed by atoms with Gasteiger partial charge in [-0.15, -0.1) is 0 Å². The highest BCUT2D eigenvalue weighted by Crippen LogP contribution is 2.44. The van der Waals surface area contributed by atoms with Crippen molar-refractivity contribution in [3.63, 3.8) is 0 Å². The van der Waals surface area contributed by atoms with Gasteiger partial charge in [-0.05, 0) is 97.7 Å². The molecular formula is C46H56N8O7. The van der Waals surface area contributed by atoms with Crippen LogP contribution in [-0.4, -0.2) is 92.1 Å². The average molecular weight is 833 g/mol. The second-order valence-electron chi connectivity index (χ2n) is 17.2. The summed E-state index contributed by atoms with van der Waals surface area (Å²) in [5, 5.41) is 7.48. The van der Waals surface area contributed by atoms with Crippen molar-refractivity contribution in [2.75, 3.05) is 14.2 Å². The third-order valence-electron chi connectivity index (χ3n) is 13.1. The first-order chi connectivity index (χ1) is 29.3. The van der Waals surface area contributed by atoms with Crippen LogP contribution in [0, 0.1) is 11.8 Å². The van der Waals surface area contributed by atoms with E-state index in [9.17, 15) is 19.2 Å². The van der Waals surface area contributed by atoms with Gasteiger partial charge >= 0.3 is 12.2 Å². The number of carbonyl (C=O) groups excluding carboxylic acids is 4. The first-order valence-electron chi connectivity index (χ1n) is 21.4. The first kappa shape index (κ1) is 41.6. The Balaban J connectivity index is 1.05. The van der Waals surface area contributed by atoms with E-state index in [1.807, 2.05) is 63.6 Å². The lowest BCUT2D eigenvalue weighted by atomic mass is 9.92. The summed E-state index contributed by atoms with van der Waals surface area (Å²) in [6.45, 7) is 12.2. The minimum absolute atomic E-state index is 0.0160. The molecule has 2 fully saturated rings. The van der Waals surface area contributed by atoms with Crippen molar-refractivity contribution in [1.82, 2.24) is 40.4 Å². The number of hydrogen-bond donors (Lipinski definition) is 4. The normalized spacial score (nSPS) is 21.1. The van der Waals surface area contributed by atoms with Crippen LogP contribution in [0.1, 0.15) is 103 Å². The van der Waals surface area contributed by atoms with Crippen molar-refractivity contribution in [2.24, 2.45) is 11.8 Å². The van der Waals surface area contributed by atoms with Crippen LogP contribution in [0.15, 0.2) is 48.7 Å². The molecule has 0 saturated carbocycles. The largest absolute Gasteiger partial charge is 0.488 e. The van der Waals surface area contributed by atoms with Gasteiger partial charge in [-0.3, -0.25) is 9.59 Å². The molecule has 0 bridgehead atoms. The van der Waals surface area contributed by atoms with Crippen LogP contribution in [0.25, 0.3) is 44.2 Å². The van der Waals surface area contributed by atoms with Gasteiger partial charge in [-0.25, -0.2) is 19.6 Å². The van der Waals surface area contributed by atoms with Crippen molar-refractivity contribution >= 4 is 45.8 Å². The van der Waals surface area contributed by atoms with Crippen LogP contribution in [0.2, 0.25) is 0 Å². The molecule has 322 valence electrons. The zero-order chi connectivity index (χ0) is 43.3. The lowest BCUT2D eigenvalue weighted by molar-refractivity contribution is -0.138. The highest BCUT2D eigenvalue weighted by atomic mass is 16.5. The van der Waals surface area contributed by atoms with E-state index in [0.29, 0.717) is 12.4 Å². The molecule has 7 atom stereocenters. The number of nitrogens with zero attached hydrogens (tertiary/aromatic N) is 4. The average Bonchev–Trinajstić information content (AvgIpc) is 4.08. The maximum Gasteiger partial charge on any atom is 0.407 e. The van der Waals surface area contributed by atoms with E-state index in [1.165, 1.54) is 14.2 Å². The molecule has 4 N–H and O–H groups in total. The third kappa shape index (κ3) is 7.63. The summed E-state index contributed by atoms with van der Waals surface area (Å²) in [6, 6.07) is 12.7. The number of ether oxygens (including phenoxy) is 3. The number of imidazole rings is 2. The van der Waals surface area contributed by atoms with E-state index in [1.54, 1.807) is 0 Å². The van der Waals surface area contributed by atoms with Crippen LogP contribution in [0.3, 0.4) is 0 Å². The van der Waals surface area contributed by atoms with Gasteiger partial charge in [-0.1, -0.05) is 52.3 Å². The Morgan fingerprint density at radius 2 is 1.48 bits per heavy atom. The fraction of sp³-hybridized carbons (Fsp3) is 0.478. The summed E-state index contributed by atoms with van der Waals surface area (Å²) >= 11 is 0. The molecule has 2 saturated heterocycles. The highest BCUT2D eigenvalue weighted by molar-refractivity contribution is 6.07. The number of hydrogen-bond acceptors (Lipinski definition) is 9. The molecular weight excluding hydrogens is 777 g/mol. The Kier molecular flexibility index (Phi) is 11.4. The zero-order valence-corrected chi connectivity index (χ0v) is 36.1. The highest BCUT2D eigenvalue weighted by Gasteiger charge is 2.43. The Bertz CT molecular complexity index is 2490. The maximum atomic E-state index is 14.1. The monoisotopic (exact) mass is 832 g/mol. The molecule has 5 aromatic rings. The number of carbonyl (C=O) groups is 4. The Labute approximate surface area is 355 Å². The van der Waals surface area contributed by atoms with Gasteiger partial charge in [0.15, 0.2) is 0 Å². The molecule has 3 aromatic carbocycles. The number of amides is 4. The molecule has 7 unspecified atom stereocenters. The summed E-state index contributed by atoms with van der Waals surface area (Å²) < 4.78 is 16.1. The van der Waals surface area contributed by atoms with E-state index < -0.39 is 24.3 Å². The number of likely N-dealkylation sites (tertiary alicyclic amines) is 2. The fourth-order valence-electron chi connectivity index (χ4n) is 9.42. The standard InChI is InChI=1S/C46H56N8O7/c1-9-24(4)39(52-46(58)60-8)44(56)54-26(6)11-17-36(54)42-48-33-15-13-27-19-32-30-14-12-28(18-29(30)22-61-37(32)20-31(27)40(33)50-42)34-21-47-41(49-34)35-16-10-25(5)53(35)43(55)38(23(2)3)51-45(57)59-7/h12-15,18-21,23-26,35-36,38-39H,9-11,16-17,22H2,1-8H3,(H,47,49)(H,48,50)(H,51,57)(H,52,58). The van der Waals surface area contributed by atoms with Crippen molar-refractivity contribution in [1.29, 1.82) is 0 Å². The maximum absolute atomic E-state index is 14.1. The van der Waals surface area contributed by atoms with E-state index >= 15 is 0 Å². The van der Waals surface area contributed by atoms with Crippen molar-refractivity contribution in [3.05, 3.63) is 65.9 Å². The van der Waals surface area contributed by atoms with Gasteiger partial charge in [0.25, 0.3) is 0 Å². The SMILES string of the molecule is CCC(C)C(NC(=O)OC)C(=O)N1C(C)CCC1c1nc2c(ccc3cc4c(cc32)OCc2cc(-c3cnc(C5CCC(C)N5C(=O)C(NC(=O)OC)C(C)C)[nH]3)ccc2-4)[nH]1. The number of aromatic nitrogens is 4. The summed E-state index contributed by atoms with van der Waals surface area (Å²) in [4.78, 5) is 73.0. The van der Waals surface area contributed by atoms with Crippen molar-refractivity contribution < 1.29 is 33.4 Å². The summed E-state index contributed by atoms with van der Waals surface area (Å²) in [5.41, 5.74) is 6.59. The molecule has 3 aliphatic heterocycles. The molecule has 61 heavy (non-hydrogen) atoms. The van der Waals surface area contributed by atoms with Crippen LogP contribution in [0.4, 0.5) is 9.59 Å². The molecule has 4 amide bonds. The van der Waals surface area contributed by atoms with Crippen LogP contribution < -0.4 is 15.4 Å². The van der Waals surface area contributed by atoms with E-state index in [-0.39, 0.29) is 47.8 Å². The molecule has 8 rings (SSSR count). The molecule has 0 spiro atoms. The zero-order valence-electron chi connectivity index (χ0n) is 36.1. The smallest absolute Gasteiger partial charge is 0.407 e. The molecule has 15 nitrogen and oxygen atoms in total. The molecule has 5 heterocycles. The van der Waals surface area contributed by atoms with Gasteiger partial charge in [0.05, 0.1) is 49.2 Å². The summed E-state index contributed by atoms with van der Waals surface area (Å²) in [5.74, 6) is 1.70. The van der Waals surface area contributed by atoms with Crippen LogP contribution in [-0.2, 0) is 25.7 Å². The van der Waals surface area contributed by atoms with Crippen LogP contribution >= 0.6 is 0 Å². The van der Waals surface area contributed by atoms with E-state index in [4.69, 9.17) is 24.2 Å². The van der Waals surface area contributed by atoms with Gasteiger partial charge < -0.3 is 44.6 Å². The number of benzene rings is 3. The van der Waals surface area contributed by atoms with Crippen molar-refractivity contribution in [2.45, 2.75) is 117 Å². The second kappa shape index (κ2) is 16.7. The topological polar surface area (TPSA) is 184 Å². The molecule has 0 radical (unpaired) electrons. The van der Waals surface area contributed by atoms with E-state index in [2.05, 4.69) is 57.0 Å². The fourth-order valence-corrected chi connectivity index (χ4v) is 9.42. The van der Waals surface area contributed by atoms with Gasteiger partial charge in [0.2, 0.25) is 11.8 Å². The number of nitrogens with one attached hydrogen (secondary N) is 4. The molecule has 15 heteroatoms. The number of methoxy groups -OCH3 is 2. The Morgan fingerprint density at radius 3 is 2.13 bits per heavy atom. The summed E-state index contributed by atoms with van der Waals surface area (Å²) in [7, 11) is 2.60. The minimum Gasteiger partial charge on any atom is -0.488 e. The predicted octanol–water partition coefficient (Wildman–Crippen LogP) is 7.92. The Morgan fingerprint density at radius 1 is 0.820 bits per heavy atom. The molecule has 2 aromatic heterocycles. The van der Waals surface area contributed by atoms with E-state index in [0.717, 1.165) is 93.4 Å². The number of alkyl carbamates (subject to hydrolysis) is 2. The first-order valence-corrected chi connectivity index (χ1v) is 21.4. The lowest BCUT2D eigenvalue weighted by Crippen LogP contribution is -2.53. The molecule has 0 aliphatic carbocycles. The second-order valence-corrected chi connectivity index (χ2v) is 17.2. The Hall–Kier alpha value is -6.12. The van der Waals surface area contributed by atoms with Crippen LogP contribution in [0.5, 0.6) is 5.75 Å². The number of rotatable bonds is 10.